The van der Waals surface area contributed by atoms with E-state index in [1.807, 2.05) is 36.5 Å². The van der Waals surface area contributed by atoms with Crippen LogP contribution in [0.4, 0.5) is 11.6 Å². The van der Waals surface area contributed by atoms with Crippen molar-refractivity contribution >= 4 is 22.8 Å². The predicted molar refractivity (Wildman–Crippen MR) is 117 cm³/mol. The first kappa shape index (κ1) is 19.5. The highest BCUT2D eigenvalue weighted by molar-refractivity contribution is 5.85. The van der Waals surface area contributed by atoms with Crippen molar-refractivity contribution in [3.8, 4) is 11.4 Å². The Bertz CT molecular complexity index is 952. The number of anilines is 2. The van der Waals surface area contributed by atoms with Crippen molar-refractivity contribution in [1.29, 1.82) is 0 Å². The van der Waals surface area contributed by atoms with Crippen LogP contribution in [-0.4, -0.2) is 90.1 Å². The van der Waals surface area contributed by atoms with Crippen molar-refractivity contribution in [2.75, 3.05) is 70.6 Å². The second-order valence-electron chi connectivity index (χ2n) is 7.68. The standard InChI is InChI=1S/C21H28N8/c1-27(2)10-9-22-20-18-21(26-19(25-20)16-7-5-4-6-8-16)24-17(15-23-18)29-13-11-28(3)12-14-29/h4-8,15H,9-14H2,1-3H3,(H,22,24,25,26). The summed E-state index contributed by atoms with van der Waals surface area (Å²) in [4.78, 5) is 25.8. The first-order chi connectivity index (χ1) is 14.1. The van der Waals surface area contributed by atoms with Crippen molar-refractivity contribution in [3.63, 3.8) is 0 Å². The van der Waals surface area contributed by atoms with Crippen molar-refractivity contribution in [1.82, 2.24) is 29.7 Å². The molecule has 1 saturated heterocycles. The second kappa shape index (κ2) is 8.67. The average molecular weight is 393 g/mol. The molecule has 8 heteroatoms. The van der Waals surface area contributed by atoms with Crippen molar-refractivity contribution in [2.45, 2.75) is 0 Å². The molecule has 4 rings (SSSR count). The molecule has 1 aliphatic rings. The lowest BCUT2D eigenvalue weighted by atomic mass is 10.2. The largest absolute Gasteiger partial charge is 0.367 e. The maximum absolute atomic E-state index is 4.86. The smallest absolute Gasteiger partial charge is 0.186 e. The summed E-state index contributed by atoms with van der Waals surface area (Å²) < 4.78 is 0. The predicted octanol–water partition coefficient (Wildman–Crippen LogP) is 1.81. The third kappa shape index (κ3) is 4.60. The van der Waals surface area contributed by atoms with Crippen LogP contribution in [0.2, 0.25) is 0 Å². The molecule has 0 aliphatic carbocycles. The highest BCUT2D eigenvalue weighted by Crippen LogP contribution is 2.24. The van der Waals surface area contributed by atoms with E-state index >= 15 is 0 Å². The van der Waals surface area contributed by atoms with Crippen molar-refractivity contribution in [3.05, 3.63) is 36.5 Å². The number of benzene rings is 1. The van der Waals surface area contributed by atoms with Gasteiger partial charge in [0.05, 0.1) is 6.20 Å². The van der Waals surface area contributed by atoms with Gasteiger partial charge in [-0.3, -0.25) is 0 Å². The first-order valence-electron chi connectivity index (χ1n) is 10.0. The number of fused-ring (bicyclic) bond motifs is 1. The summed E-state index contributed by atoms with van der Waals surface area (Å²) in [6, 6.07) is 10.0. The van der Waals surface area contributed by atoms with E-state index < -0.39 is 0 Å². The van der Waals surface area contributed by atoms with Gasteiger partial charge in [-0.2, -0.15) is 0 Å². The Morgan fingerprint density at radius 3 is 2.48 bits per heavy atom. The van der Waals surface area contributed by atoms with Crippen LogP contribution < -0.4 is 10.2 Å². The molecule has 3 heterocycles. The Balaban J connectivity index is 1.71. The summed E-state index contributed by atoms with van der Waals surface area (Å²) in [6.45, 7) is 5.61. The Morgan fingerprint density at radius 1 is 1.00 bits per heavy atom. The number of rotatable bonds is 6. The fourth-order valence-electron chi connectivity index (χ4n) is 3.32. The molecular formula is C21H28N8. The van der Waals surface area contributed by atoms with Crippen LogP contribution in [0.3, 0.4) is 0 Å². The van der Waals surface area contributed by atoms with E-state index in [1.54, 1.807) is 0 Å². The van der Waals surface area contributed by atoms with Gasteiger partial charge >= 0.3 is 0 Å². The molecule has 0 unspecified atom stereocenters. The number of hydrogen-bond acceptors (Lipinski definition) is 8. The van der Waals surface area contributed by atoms with Crippen LogP contribution in [0, 0.1) is 0 Å². The van der Waals surface area contributed by atoms with Crippen LogP contribution in [0.1, 0.15) is 0 Å². The summed E-state index contributed by atoms with van der Waals surface area (Å²) >= 11 is 0. The zero-order chi connectivity index (χ0) is 20.2. The van der Waals surface area contributed by atoms with E-state index in [2.05, 4.69) is 46.1 Å². The molecule has 0 amide bonds. The van der Waals surface area contributed by atoms with Gasteiger partial charge < -0.3 is 20.0 Å². The van der Waals surface area contributed by atoms with Crippen molar-refractivity contribution in [2.24, 2.45) is 0 Å². The van der Waals surface area contributed by atoms with E-state index in [1.165, 1.54) is 0 Å². The number of hydrogen-bond donors (Lipinski definition) is 1. The molecule has 2 aromatic heterocycles. The van der Waals surface area contributed by atoms with Crippen molar-refractivity contribution < 1.29 is 0 Å². The summed E-state index contributed by atoms with van der Waals surface area (Å²) in [5, 5.41) is 3.42. The zero-order valence-corrected chi connectivity index (χ0v) is 17.3. The average Bonchev–Trinajstić information content (AvgIpc) is 2.74. The van der Waals surface area contributed by atoms with E-state index in [4.69, 9.17) is 15.0 Å². The maximum Gasteiger partial charge on any atom is 0.186 e. The Kier molecular flexibility index (Phi) is 5.82. The lowest BCUT2D eigenvalue weighted by Crippen LogP contribution is -2.44. The van der Waals surface area contributed by atoms with Gasteiger partial charge in [-0.05, 0) is 21.1 Å². The molecule has 0 spiro atoms. The number of aromatic nitrogens is 4. The van der Waals surface area contributed by atoms with Gasteiger partial charge in [0.15, 0.2) is 22.8 Å². The lowest BCUT2D eigenvalue weighted by molar-refractivity contribution is 0.312. The monoisotopic (exact) mass is 392 g/mol. The molecule has 0 radical (unpaired) electrons. The Labute approximate surface area is 171 Å². The van der Waals surface area contributed by atoms with Crippen LogP contribution in [0.15, 0.2) is 36.5 Å². The molecule has 1 fully saturated rings. The summed E-state index contributed by atoms with van der Waals surface area (Å²) in [7, 11) is 6.25. The van der Waals surface area contributed by atoms with Gasteiger partial charge in [-0.25, -0.2) is 19.9 Å². The lowest BCUT2D eigenvalue weighted by Gasteiger charge is -2.32. The molecule has 29 heavy (non-hydrogen) atoms. The van der Waals surface area contributed by atoms with Gasteiger partial charge in [0.25, 0.3) is 0 Å². The van der Waals surface area contributed by atoms with Gasteiger partial charge in [0.2, 0.25) is 0 Å². The summed E-state index contributed by atoms with van der Waals surface area (Å²) in [5.41, 5.74) is 2.31. The number of likely N-dealkylation sites (N-methyl/N-ethyl adjacent to an activating group) is 2. The highest BCUT2D eigenvalue weighted by atomic mass is 15.3. The molecule has 0 atom stereocenters. The molecule has 0 bridgehead atoms. The van der Waals surface area contributed by atoms with Gasteiger partial charge in [0.1, 0.15) is 5.82 Å². The van der Waals surface area contributed by atoms with E-state index in [0.29, 0.717) is 17.0 Å². The highest BCUT2D eigenvalue weighted by Gasteiger charge is 2.18. The minimum Gasteiger partial charge on any atom is -0.367 e. The SMILES string of the molecule is CN(C)CCNc1nc(-c2ccccc2)nc2nc(N3CCN(C)CC3)cnc12. The minimum atomic E-state index is 0.627. The van der Waals surface area contributed by atoms with Crippen LogP contribution in [-0.2, 0) is 0 Å². The Morgan fingerprint density at radius 2 is 1.76 bits per heavy atom. The van der Waals surface area contributed by atoms with Gasteiger partial charge in [-0.1, -0.05) is 30.3 Å². The minimum absolute atomic E-state index is 0.627. The topological polar surface area (TPSA) is 73.3 Å². The van der Waals surface area contributed by atoms with E-state index in [0.717, 1.165) is 56.5 Å². The van der Waals surface area contributed by atoms with Crippen LogP contribution in [0.5, 0.6) is 0 Å². The van der Waals surface area contributed by atoms with Crippen LogP contribution >= 0.6 is 0 Å². The number of piperazine rings is 1. The molecule has 0 saturated carbocycles. The Hall–Kier alpha value is -2.84. The molecule has 152 valence electrons. The summed E-state index contributed by atoms with van der Waals surface area (Å²) in [5.74, 6) is 2.27. The molecule has 8 nitrogen and oxygen atoms in total. The van der Waals surface area contributed by atoms with E-state index in [9.17, 15) is 0 Å². The fraction of sp³-hybridized carbons (Fsp3) is 0.429. The van der Waals surface area contributed by atoms with E-state index in [-0.39, 0.29) is 0 Å². The molecule has 3 aromatic rings. The second-order valence-corrected chi connectivity index (χ2v) is 7.68. The zero-order valence-electron chi connectivity index (χ0n) is 17.3. The number of nitrogens with one attached hydrogen (secondary N) is 1. The van der Waals surface area contributed by atoms with Gasteiger partial charge in [0, 0.05) is 44.8 Å². The molecule has 1 aliphatic heterocycles. The fourth-order valence-corrected chi connectivity index (χ4v) is 3.32. The quantitative estimate of drug-likeness (QED) is 0.681. The molecular weight excluding hydrogens is 364 g/mol. The molecule has 1 N–H and O–H groups in total. The molecule has 1 aromatic carbocycles. The van der Waals surface area contributed by atoms with Gasteiger partial charge in [-0.15, -0.1) is 0 Å². The van der Waals surface area contributed by atoms with Crippen LogP contribution in [0.25, 0.3) is 22.6 Å². The third-order valence-electron chi connectivity index (χ3n) is 5.11. The normalized spacial score (nSPS) is 15.2. The maximum atomic E-state index is 4.86. The summed E-state index contributed by atoms with van der Waals surface area (Å²) in [6.07, 6.45) is 1.84. The number of nitrogens with zero attached hydrogens (tertiary/aromatic N) is 7. The third-order valence-corrected chi connectivity index (χ3v) is 5.11. The first-order valence-corrected chi connectivity index (χ1v) is 10.0.